The maximum absolute atomic E-state index is 12.4. The van der Waals surface area contributed by atoms with Crippen LogP contribution in [0.2, 0.25) is 0 Å². The van der Waals surface area contributed by atoms with Crippen LogP contribution in [0.3, 0.4) is 0 Å². The largest absolute Gasteiger partial charge is 0.497 e. The van der Waals surface area contributed by atoms with Gasteiger partial charge < -0.3 is 24.8 Å². The van der Waals surface area contributed by atoms with Crippen LogP contribution >= 0.6 is 0 Å². The van der Waals surface area contributed by atoms with Crippen LogP contribution in [0.1, 0.15) is 13.8 Å². The number of nitrogens with one attached hydrogen (secondary N) is 1. The van der Waals surface area contributed by atoms with Crippen molar-refractivity contribution in [2.45, 2.75) is 13.8 Å². The highest BCUT2D eigenvalue weighted by molar-refractivity contribution is 5.89. The summed E-state index contributed by atoms with van der Waals surface area (Å²) in [4.78, 5) is 30.0. The van der Waals surface area contributed by atoms with Gasteiger partial charge in [0.05, 0.1) is 7.11 Å². The van der Waals surface area contributed by atoms with Gasteiger partial charge in [0.25, 0.3) is 0 Å². The minimum Gasteiger partial charge on any atom is -0.497 e. The number of anilines is 1. The number of hydrogen-bond acceptors (Lipinski definition) is 3. The lowest BCUT2D eigenvalue weighted by molar-refractivity contribution is 0.125. The average molecular weight is 334 g/mol. The van der Waals surface area contributed by atoms with E-state index in [1.165, 1.54) is 0 Å². The maximum atomic E-state index is 12.4. The number of urea groups is 2. The summed E-state index contributed by atoms with van der Waals surface area (Å²) in [5.41, 5.74) is 0.695. The Kier molecular flexibility index (Phi) is 6.28. The zero-order chi connectivity index (χ0) is 17.5. The van der Waals surface area contributed by atoms with Crippen molar-refractivity contribution in [3.8, 4) is 5.75 Å². The Morgan fingerprint density at radius 1 is 1.12 bits per heavy atom. The Balaban J connectivity index is 1.87. The summed E-state index contributed by atoms with van der Waals surface area (Å²) in [6, 6.07) is 7.15. The fourth-order valence-corrected chi connectivity index (χ4v) is 2.70. The highest BCUT2D eigenvalue weighted by Gasteiger charge is 2.26. The van der Waals surface area contributed by atoms with E-state index in [1.54, 1.807) is 23.0 Å². The lowest BCUT2D eigenvalue weighted by Crippen LogP contribution is -2.54. The van der Waals surface area contributed by atoms with Gasteiger partial charge in [-0.05, 0) is 26.0 Å². The molecular weight excluding hydrogens is 308 g/mol. The lowest BCUT2D eigenvalue weighted by Gasteiger charge is -2.37. The third-order valence-electron chi connectivity index (χ3n) is 4.19. The van der Waals surface area contributed by atoms with E-state index >= 15 is 0 Å². The van der Waals surface area contributed by atoms with Gasteiger partial charge in [-0.2, -0.15) is 0 Å². The molecule has 2 rings (SSSR count). The standard InChI is InChI=1S/C17H26N4O3/c1-4-19(5-2)17(23)21-11-9-20(10-12-21)16(22)18-14-7-6-8-15(13-14)24-3/h6-8,13H,4-5,9-12H2,1-3H3,(H,18,22). The minimum absolute atomic E-state index is 0.0489. The van der Waals surface area contributed by atoms with Crippen molar-refractivity contribution in [1.82, 2.24) is 14.7 Å². The van der Waals surface area contributed by atoms with Crippen molar-refractivity contribution in [1.29, 1.82) is 0 Å². The summed E-state index contributed by atoms with van der Waals surface area (Å²) in [6.45, 7) is 7.52. The first-order valence-corrected chi connectivity index (χ1v) is 8.32. The monoisotopic (exact) mass is 334 g/mol. The number of benzene rings is 1. The van der Waals surface area contributed by atoms with Crippen LogP contribution in [0, 0.1) is 0 Å². The number of nitrogens with zero attached hydrogens (tertiary/aromatic N) is 3. The van der Waals surface area contributed by atoms with E-state index in [0.29, 0.717) is 50.7 Å². The molecule has 1 aromatic carbocycles. The predicted molar refractivity (Wildman–Crippen MR) is 93.5 cm³/mol. The smallest absolute Gasteiger partial charge is 0.321 e. The fourth-order valence-electron chi connectivity index (χ4n) is 2.70. The molecule has 132 valence electrons. The molecule has 1 aliphatic rings. The van der Waals surface area contributed by atoms with Crippen LogP contribution < -0.4 is 10.1 Å². The van der Waals surface area contributed by atoms with Crippen molar-refractivity contribution in [3.63, 3.8) is 0 Å². The average Bonchev–Trinajstić information content (AvgIpc) is 2.63. The number of piperazine rings is 1. The van der Waals surface area contributed by atoms with E-state index in [-0.39, 0.29) is 12.1 Å². The van der Waals surface area contributed by atoms with Crippen molar-refractivity contribution in [2.24, 2.45) is 0 Å². The Hall–Kier alpha value is -2.44. The number of hydrogen-bond donors (Lipinski definition) is 1. The summed E-state index contributed by atoms with van der Waals surface area (Å²) in [6.07, 6.45) is 0. The van der Waals surface area contributed by atoms with E-state index < -0.39 is 0 Å². The van der Waals surface area contributed by atoms with Crippen molar-refractivity contribution < 1.29 is 14.3 Å². The van der Waals surface area contributed by atoms with Crippen LogP contribution in [0.25, 0.3) is 0 Å². The van der Waals surface area contributed by atoms with Crippen molar-refractivity contribution in [2.75, 3.05) is 51.7 Å². The van der Waals surface area contributed by atoms with E-state index in [4.69, 9.17) is 4.74 Å². The van der Waals surface area contributed by atoms with Crippen LogP contribution in [-0.2, 0) is 0 Å². The lowest BCUT2D eigenvalue weighted by atomic mass is 10.3. The van der Waals surface area contributed by atoms with Gasteiger partial charge in [-0.3, -0.25) is 0 Å². The number of rotatable bonds is 4. The van der Waals surface area contributed by atoms with Crippen molar-refractivity contribution in [3.05, 3.63) is 24.3 Å². The molecular formula is C17H26N4O3. The molecule has 1 heterocycles. The van der Waals surface area contributed by atoms with Crippen LogP contribution in [0.15, 0.2) is 24.3 Å². The molecule has 1 N–H and O–H groups in total. The molecule has 7 nitrogen and oxygen atoms in total. The zero-order valence-corrected chi connectivity index (χ0v) is 14.6. The quantitative estimate of drug-likeness (QED) is 0.919. The Morgan fingerprint density at radius 2 is 1.75 bits per heavy atom. The van der Waals surface area contributed by atoms with E-state index in [9.17, 15) is 9.59 Å². The topological polar surface area (TPSA) is 65.1 Å². The maximum Gasteiger partial charge on any atom is 0.321 e. The van der Waals surface area contributed by atoms with Gasteiger partial charge >= 0.3 is 12.1 Å². The summed E-state index contributed by atoms with van der Waals surface area (Å²) in [7, 11) is 1.59. The number of carbonyl (C=O) groups is 2. The Morgan fingerprint density at radius 3 is 2.33 bits per heavy atom. The van der Waals surface area contributed by atoms with Gasteiger partial charge in [0.2, 0.25) is 0 Å². The van der Waals surface area contributed by atoms with Crippen LogP contribution in [0.5, 0.6) is 5.75 Å². The Labute approximate surface area is 143 Å². The highest BCUT2D eigenvalue weighted by atomic mass is 16.5. The van der Waals surface area contributed by atoms with Gasteiger partial charge in [0.1, 0.15) is 5.75 Å². The molecule has 1 aliphatic heterocycles. The minimum atomic E-state index is -0.154. The van der Waals surface area contributed by atoms with Gasteiger partial charge in [-0.15, -0.1) is 0 Å². The second-order valence-corrected chi connectivity index (χ2v) is 5.59. The molecule has 0 atom stereocenters. The highest BCUT2D eigenvalue weighted by Crippen LogP contribution is 2.17. The molecule has 0 spiro atoms. The van der Waals surface area contributed by atoms with Gasteiger partial charge in [0.15, 0.2) is 0 Å². The number of ether oxygens (including phenoxy) is 1. The molecule has 24 heavy (non-hydrogen) atoms. The summed E-state index contributed by atoms with van der Waals surface area (Å²) >= 11 is 0. The zero-order valence-electron chi connectivity index (χ0n) is 14.6. The van der Waals surface area contributed by atoms with Gasteiger partial charge in [0, 0.05) is 51.0 Å². The number of amides is 4. The van der Waals surface area contributed by atoms with E-state index in [1.807, 2.05) is 36.9 Å². The van der Waals surface area contributed by atoms with E-state index in [0.717, 1.165) is 0 Å². The molecule has 1 aromatic rings. The number of methoxy groups -OCH3 is 1. The van der Waals surface area contributed by atoms with Gasteiger partial charge in [-0.1, -0.05) is 6.07 Å². The fraction of sp³-hybridized carbons (Fsp3) is 0.529. The summed E-state index contributed by atoms with van der Waals surface area (Å²) in [5, 5.41) is 2.87. The van der Waals surface area contributed by atoms with Crippen LogP contribution in [-0.4, -0.2) is 73.1 Å². The third-order valence-corrected chi connectivity index (χ3v) is 4.19. The number of carbonyl (C=O) groups excluding carboxylic acids is 2. The molecule has 0 aliphatic carbocycles. The SMILES string of the molecule is CCN(CC)C(=O)N1CCN(C(=O)Nc2cccc(OC)c2)CC1. The first-order valence-electron chi connectivity index (χ1n) is 8.32. The summed E-state index contributed by atoms with van der Waals surface area (Å²) in [5.74, 6) is 0.697. The van der Waals surface area contributed by atoms with Crippen LogP contribution in [0.4, 0.5) is 15.3 Å². The third kappa shape index (κ3) is 4.31. The molecule has 0 unspecified atom stereocenters. The first kappa shape index (κ1) is 17.9. The molecule has 4 amide bonds. The van der Waals surface area contributed by atoms with Gasteiger partial charge in [-0.25, -0.2) is 9.59 Å². The van der Waals surface area contributed by atoms with Crippen molar-refractivity contribution >= 4 is 17.7 Å². The normalized spacial score (nSPS) is 14.3. The second-order valence-electron chi connectivity index (χ2n) is 5.59. The predicted octanol–water partition coefficient (Wildman–Crippen LogP) is 2.31. The molecule has 7 heteroatoms. The molecule has 1 fully saturated rings. The molecule has 0 bridgehead atoms. The van der Waals surface area contributed by atoms with E-state index in [2.05, 4.69) is 5.32 Å². The molecule has 0 radical (unpaired) electrons. The first-order chi connectivity index (χ1) is 11.6. The molecule has 0 saturated carbocycles. The molecule has 1 saturated heterocycles. The molecule has 0 aromatic heterocycles. The Bertz CT molecular complexity index is 567. The second kappa shape index (κ2) is 8.42. The summed E-state index contributed by atoms with van der Waals surface area (Å²) < 4.78 is 5.15.